The summed E-state index contributed by atoms with van der Waals surface area (Å²) in [5.74, 6) is 0.929. The maximum Gasteiger partial charge on any atom is 0.253 e. The van der Waals surface area contributed by atoms with E-state index in [2.05, 4.69) is 10.3 Å². The van der Waals surface area contributed by atoms with Gasteiger partial charge in [0.05, 0.1) is 25.8 Å². The molecule has 6 heteroatoms. The smallest absolute Gasteiger partial charge is 0.253 e. The molecule has 0 unspecified atom stereocenters. The van der Waals surface area contributed by atoms with Crippen LogP contribution in [0.3, 0.4) is 0 Å². The van der Waals surface area contributed by atoms with Gasteiger partial charge in [-0.1, -0.05) is 18.2 Å². The van der Waals surface area contributed by atoms with E-state index in [1.807, 2.05) is 31.2 Å². The number of carbonyl (C=O) groups excluding carboxylic acids is 1. The number of methoxy groups -OCH3 is 2. The molecule has 2 aromatic carbocycles. The SMILES string of the molecule is COc1cccc([C@H](C)NC(=O)c2cncc(-c3ccc(O)c(OC)c3)c2)c1. The first kappa shape index (κ1) is 19.2. The number of nitrogens with one attached hydrogen (secondary N) is 1. The minimum absolute atomic E-state index is 0.0558. The number of amides is 1. The van der Waals surface area contributed by atoms with Gasteiger partial charge in [-0.2, -0.15) is 0 Å². The minimum Gasteiger partial charge on any atom is -0.504 e. The first-order valence-corrected chi connectivity index (χ1v) is 8.79. The highest BCUT2D eigenvalue weighted by Crippen LogP contribution is 2.31. The van der Waals surface area contributed by atoms with Gasteiger partial charge in [-0.15, -0.1) is 0 Å². The zero-order valence-electron chi connectivity index (χ0n) is 16.0. The Balaban J connectivity index is 1.80. The van der Waals surface area contributed by atoms with Gasteiger partial charge < -0.3 is 19.9 Å². The van der Waals surface area contributed by atoms with E-state index in [1.165, 1.54) is 13.3 Å². The standard InChI is InChI=1S/C22H22N2O4/c1-14(15-5-4-6-19(10-15)27-2)24-22(26)18-9-17(12-23-13-18)16-7-8-20(25)21(11-16)28-3/h4-14,25H,1-3H3,(H,24,26)/t14-/m0/s1. The molecule has 0 radical (unpaired) electrons. The second-order valence-corrected chi connectivity index (χ2v) is 6.32. The van der Waals surface area contributed by atoms with Gasteiger partial charge in [-0.05, 0) is 48.4 Å². The predicted octanol–water partition coefficient (Wildman–Crippen LogP) is 3.96. The van der Waals surface area contributed by atoms with Gasteiger partial charge in [0.25, 0.3) is 5.91 Å². The molecule has 0 bridgehead atoms. The summed E-state index contributed by atoms with van der Waals surface area (Å²) in [5, 5.41) is 12.7. The Labute approximate surface area is 163 Å². The van der Waals surface area contributed by atoms with E-state index in [0.29, 0.717) is 11.3 Å². The van der Waals surface area contributed by atoms with Crippen LogP contribution in [0.4, 0.5) is 0 Å². The molecule has 3 rings (SSSR count). The van der Waals surface area contributed by atoms with Crippen LogP contribution in [0, 0.1) is 0 Å². The fraction of sp³-hybridized carbons (Fsp3) is 0.182. The van der Waals surface area contributed by atoms with Gasteiger partial charge in [-0.25, -0.2) is 0 Å². The number of hydrogen-bond acceptors (Lipinski definition) is 5. The van der Waals surface area contributed by atoms with Crippen molar-refractivity contribution in [2.75, 3.05) is 14.2 Å². The Morgan fingerprint density at radius 1 is 1.04 bits per heavy atom. The number of phenolic OH excluding ortho intramolecular Hbond substituents is 1. The van der Waals surface area contributed by atoms with Gasteiger partial charge in [0, 0.05) is 18.0 Å². The molecule has 0 aliphatic heterocycles. The Morgan fingerprint density at radius 3 is 2.61 bits per heavy atom. The van der Waals surface area contributed by atoms with Crippen molar-refractivity contribution < 1.29 is 19.4 Å². The first-order valence-electron chi connectivity index (χ1n) is 8.79. The van der Waals surface area contributed by atoms with Crippen LogP contribution in [-0.2, 0) is 0 Å². The van der Waals surface area contributed by atoms with Crippen LogP contribution < -0.4 is 14.8 Å². The third-order valence-electron chi connectivity index (χ3n) is 4.45. The number of nitrogens with zero attached hydrogens (tertiary/aromatic N) is 1. The summed E-state index contributed by atoms with van der Waals surface area (Å²) >= 11 is 0. The van der Waals surface area contributed by atoms with Crippen LogP contribution in [0.1, 0.15) is 28.9 Å². The van der Waals surface area contributed by atoms with Crippen LogP contribution in [0.15, 0.2) is 60.9 Å². The lowest BCUT2D eigenvalue weighted by atomic mass is 10.0. The number of pyridine rings is 1. The average Bonchev–Trinajstić information content (AvgIpc) is 2.74. The molecule has 0 fully saturated rings. The van der Waals surface area contributed by atoms with Crippen molar-refractivity contribution in [1.82, 2.24) is 10.3 Å². The van der Waals surface area contributed by atoms with Crippen LogP contribution in [-0.4, -0.2) is 30.2 Å². The van der Waals surface area contributed by atoms with Crippen LogP contribution in [0.2, 0.25) is 0 Å². The van der Waals surface area contributed by atoms with E-state index in [0.717, 1.165) is 22.4 Å². The highest BCUT2D eigenvalue weighted by atomic mass is 16.5. The lowest BCUT2D eigenvalue weighted by Crippen LogP contribution is -2.26. The molecule has 1 heterocycles. The number of benzene rings is 2. The molecule has 6 nitrogen and oxygen atoms in total. The number of aromatic nitrogens is 1. The quantitative estimate of drug-likeness (QED) is 0.679. The van der Waals surface area contributed by atoms with E-state index < -0.39 is 0 Å². The number of phenols is 1. The largest absolute Gasteiger partial charge is 0.504 e. The third-order valence-corrected chi connectivity index (χ3v) is 4.45. The van der Waals surface area contributed by atoms with Crippen molar-refractivity contribution in [1.29, 1.82) is 0 Å². The Kier molecular flexibility index (Phi) is 5.79. The van der Waals surface area contributed by atoms with Crippen molar-refractivity contribution in [3.8, 4) is 28.4 Å². The van der Waals surface area contributed by atoms with Gasteiger partial charge >= 0.3 is 0 Å². The van der Waals surface area contributed by atoms with Gasteiger partial charge in [-0.3, -0.25) is 9.78 Å². The Bertz CT molecular complexity index is 988. The van der Waals surface area contributed by atoms with Crippen molar-refractivity contribution >= 4 is 5.91 Å². The summed E-state index contributed by atoms with van der Waals surface area (Å²) in [4.78, 5) is 16.9. The molecule has 0 saturated carbocycles. The Hall–Kier alpha value is -3.54. The predicted molar refractivity (Wildman–Crippen MR) is 107 cm³/mol. The molecular formula is C22H22N2O4. The lowest BCUT2D eigenvalue weighted by Gasteiger charge is -2.15. The van der Waals surface area contributed by atoms with Crippen LogP contribution in [0.5, 0.6) is 17.2 Å². The summed E-state index contributed by atoms with van der Waals surface area (Å²) in [7, 11) is 3.10. The number of ether oxygens (including phenoxy) is 2. The fourth-order valence-corrected chi connectivity index (χ4v) is 2.85. The second kappa shape index (κ2) is 8.43. The van der Waals surface area contributed by atoms with Gasteiger partial charge in [0.1, 0.15) is 5.75 Å². The van der Waals surface area contributed by atoms with Gasteiger partial charge in [0.2, 0.25) is 0 Å². The van der Waals surface area contributed by atoms with E-state index in [4.69, 9.17) is 9.47 Å². The lowest BCUT2D eigenvalue weighted by molar-refractivity contribution is 0.0939. The summed E-state index contributed by atoms with van der Waals surface area (Å²) in [5.41, 5.74) is 2.93. The number of carbonyl (C=O) groups is 1. The Morgan fingerprint density at radius 2 is 1.86 bits per heavy atom. The maximum absolute atomic E-state index is 12.7. The second-order valence-electron chi connectivity index (χ2n) is 6.32. The van der Waals surface area contributed by atoms with Crippen molar-refractivity contribution in [2.24, 2.45) is 0 Å². The van der Waals surface area contributed by atoms with Crippen molar-refractivity contribution in [3.05, 3.63) is 72.1 Å². The molecule has 1 atom stereocenters. The average molecular weight is 378 g/mol. The molecule has 0 aliphatic carbocycles. The molecular weight excluding hydrogens is 356 g/mol. The third kappa shape index (κ3) is 4.23. The minimum atomic E-state index is -0.226. The first-order chi connectivity index (χ1) is 13.5. The van der Waals surface area contributed by atoms with E-state index >= 15 is 0 Å². The van der Waals surface area contributed by atoms with E-state index in [9.17, 15) is 9.90 Å². The molecule has 0 aliphatic rings. The molecule has 144 valence electrons. The van der Waals surface area contributed by atoms with E-state index in [1.54, 1.807) is 37.6 Å². The zero-order chi connectivity index (χ0) is 20.1. The number of hydrogen-bond donors (Lipinski definition) is 2. The maximum atomic E-state index is 12.7. The van der Waals surface area contributed by atoms with Gasteiger partial charge in [0.15, 0.2) is 11.5 Å². The highest BCUT2D eigenvalue weighted by molar-refractivity contribution is 5.95. The fourth-order valence-electron chi connectivity index (χ4n) is 2.85. The number of aromatic hydroxyl groups is 1. The molecule has 1 aromatic heterocycles. The topological polar surface area (TPSA) is 80.7 Å². The van der Waals surface area contributed by atoms with Crippen molar-refractivity contribution in [2.45, 2.75) is 13.0 Å². The normalized spacial score (nSPS) is 11.5. The zero-order valence-corrected chi connectivity index (χ0v) is 16.0. The highest BCUT2D eigenvalue weighted by Gasteiger charge is 2.14. The van der Waals surface area contributed by atoms with E-state index in [-0.39, 0.29) is 17.7 Å². The molecule has 3 aromatic rings. The molecule has 1 amide bonds. The monoisotopic (exact) mass is 378 g/mol. The molecule has 2 N–H and O–H groups in total. The molecule has 0 saturated heterocycles. The van der Waals surface area contributed by atoms with Crippen LogP contribution >= 0.6 is 0 Å². The summed E-state index contributed by atoms with van der Waals surface area (Å²) < 4.78 is 10.4. The summed E-state index contributed by atoms with van der Waals surface area (Å²) in [6.45, 7) is 1.91. The van der Waals surface area contributed by atoms with Crippen LogP contribution in [0.25, 0.3) is 11.1 Å². The molecule has 0 spiro atoms. The van der Waals surface area contributed by atoms with Crippen molar-refractivity contribution in [3.63, 3.8) is 0 Å². The molecule has 28 heavy (non-hydrogen) atoms. The summed E-state index contributed by atoms with van der Waals surface area (Å²) in [6.07, 6.45) is 3.18. The summed E-state index contributed by atoms with van der Waals surface area (Å²) in [6, 6.07) is 14.1. The number of rotatable bonds is 6.